The van der Waals surface area contributed by atoms with E-state index in [0.29, 0.717) is 6.54 Å². The molecule has 3 rings (SSSR count). The van der Waals surface area contributed by atoms with E-state index in [2.05, 4.69) is 15.0 Å². The molecule has 4 nitrogen and oxygen atoms in total. The second kappa shape index (κ2) is 4.82. The highest BCUT2D eigenvalue weighted by atomic mass is 15.0. The second-order valence-electron chi connectivity index (χ2n) is 4.57. The fraction of sp³-hybridized carbons (Fsp3) is 0.200. The van der Waals surface area contributed by atoms with Gasteiger partial charge in [0.1, 0.15) is 5.65 Å². The maximum atomic E-state index is 5.63. The number of hydrogen-bond acceptors (Lipinski definition) is 3. The second-order valence-corrected chi connectivity index (χ2v) is 4.57. The van der Waals surface area contributed by atoms with Gasteiger partial charge in [0.2, 0.25) is 0 Å². The van der Waals surface area contributed by atoms with Crippen molar-refractivity contribution in [2.45, 2.75) is 13.3 Å². The zero-order valence-electron chi connectivity index (χ0n) is 10.9. The van der Waals surface area contributed by atoms with Gasteiger partial charge in [0, 0.05) is 17.1 Å². The van der Waals surface area contributed by atoms with Crippen LogP contribution in [0.3, 0.4) is 0 Å². The number of fused-ring (bicyclic) bond motifs is 1. The van der Waals surface area contributed by atoms with Crippen molar-refractivity contribution in [2.24, 2.45) is 5.73 Å². The lowest BCUT2D eigenvalue weighted by atomic mass is 10.1. The minimum atomic E-state index is 0.632. The first-order valence-electron chi connectivity index (χ1n) is 6.39. The molecule has 0 aliphatic heterocycles. The molecule has 0 unspecified atom stereocenters. The smallest absolute Gasteiger partial charge is 0.161 e. The molecule has 0 radical (unpaired) electrons. The first-order valence-corrected chi connectivity index (χ1v) is 6.39. The molecule has 2 heterocycles. The number of nitrogens with zero attached hydrogens (tertiary/aromatic N) is 2. The molecule has 0 bridgehead atoms. The normalized spacial score (nSPS) is 11.1. The van der Waals surface area contributed by atoms with Crippen LogP contribution < -0.4 is 5.73 Å². The van der Waals surface area contributed by atoms with Gasteiger partial charge in [-0.1, -0.05) is 30.3 Å². The molecule has 2 aromatic heterocycles. The van der Waals surface area contributed by atoms with Gasteiger partial charge in [-0.2, -0.15) is 0 Å². The Labute approximate surface area is 111 Å². The third-order valence-electron chi connectivity index (χ3n) is 3.24. The average molecular weight is 252 g/mol. The van der Waals surface area contributed by atoms with Crippen LogP contribution in [0.25, 0.3) is 22.4 Å². The summed E-state index contributed by atoms with van der Waals surface area (Å²) in [7, 11) is 0. The van der Waals surface area contributed by atoms with E-state index in [1.165, 1.54) is 5.56 Å². The summed E-state index contributed by atoms with van der Waals surface area (Å²) in [5.74, 6) is 0.756. The van der Waals surface area contributed by atoms with E-state index < -0.39 is 0 Å². The number of aryl methyl sites for hydroxylation is 1. The van der Waals surface area contributed by atoms with Crippen molar-refractivity contribution in [3.05, 3.63) is 47.8 Å². The van der Waals surface area contributed by atoms with Crippen molar-refractivity contribution in [1.29, 1.82) is 0 Å². The van der Waals surface area contributed by atoms with E-state index >= 15 is 0 Å². The van der Waals surface area contributed by atoms with Gasteiger partial charge < -0.3 is 10.7 Å². The SMILES string of the molecule is Cc1nc(-c2ccccc2)nc2[nH]cc(CCN)c12. The minimum Gasteiger partial charge on any atom is -0.346 e. The number of H-pyrrole nitrogens is 1. The number of aromatic amines is 1. The van der Waals surface area contributed by atoms with Crippen LogP contribution in [0, 0.1) is 6.92 Å². The van der Waals surface area contributed by atoms with E-state index in [1.807, 2.05) is 43.5 Å². The highest BCUT2D eigenvalue weighted by molar-refractivity contribution is 5.83. The molecule has 0 saturated heterocycles. The fourth-order valence-electron chi connectivity index (χ4n) is 2.36. The third-order valence-corrected chi connectivity index (χ3v) is 3.24. The quantitative estimate of drug-likeness (QED) is 0.752. The molecule has 4 heteroatoms. The lowest BCUT2D eigenvalue weighted by Crippen LogP contribution is -2.02. The van der Waals surface area contributed by atoms with Gasteiger partial charge in [-0.3, -0.25) is 0 Å². The number of nitrogens with one attached hydrogen (secondary N) is 1. The van der Waals surface area contributed by atoms with E-state index in [4.69, 9.17) is 5.73 Å². The molecule has 0 aliphatic carbocycles. The van der Waals surface area contributed by atoms with Crippen molar-refractivity contribution in [3.63, 3.8) is 0 Å². The van der Waals surface area contributed by atoms with Crippen LogP contribution in [0.5, 0.6) is 0 Å². The zero-order chi connectivity index (χ0) is 13.2. The summed E-state index contributed by atoms with van der Waals surface area (Å²) in [5, 5.41) is 1.10. The Balaban J connectivity index is 2.16. The number of aromatic nitrogens is 3. The number of rotatable bonds is 3. The van der Waals surface area contributed by atoms with Crippen molar-refractivity contribution in [1.82, 2.24) is 15.0 Å². The molecular weight excluding hydrogens is 236 g/mol. The van der Waals surface area contributed by atoms with Gasteiger partial charge >= 0.3 is 0 Å². The molecule has 0 spiro atoms. The van der Waals surface area contributed by atoms with Crippen LogP contribution in [0.1, 0.15) is 11.3 Å². The van der Waals surface area contributed by atoms with E-state index in [0.717, 1.165) is 34.5 Å². The summed E-state index contributed by atoms with van der Waals surface area (Å²) < 4.78 is 0. The van der Waals surface area contributed by atoms with E-state index in [9.17, 15) is 0 Å². The van der Waals surface area contributed by atoms with Crippen LogP contribution in [0.2, 0.25) is 0 Å². The molecule has 0 amide bonds. The standard InChI is InChI=1S/C15H16N4/c1-10-13-12(7-8-16)9-17-15(13)19-14(18-10)11-5-3-2-4-6-11/h2-6,9H,7-8,16H2,1H3,(H,17,18,19). The highest BCUT2D eigenvalue weighted by Crippen LogP contribution is 2.23. The Bertz CT molecular complexity index is 701. The number of benzene rings is 1. The topological polar surface area (TPSA) is 67.6 Å². The van der Waals surface area contributed by atoms with E-state index in [1.54, 1.807) is 0 Å². The number of hydrogen-bond donors (Lipinski definition) is 2. The summed E-state index contributed by atoms with van der Waals surface area (Å²) in [4.78, 5) is 12.4. The molecule has 0 aliphatic rings. The highest BCUT2D eigenvalue weighted by Gasteiger charge is 2.11. The molecule has 0 saturated carbocycles. The lowest BCUT2D eigenvalue weighted by Gasteiger charge is -2.04. The Morgan fingerprint density at radius 2 is 1.95 bits per heavy atom. The van der Waals surface area contributed by atoms with Crippen molar-refractivity contribution in [2.75, 3.05) is 6.54 Å². The predicted octanol–water partition coefficient (Wildman–Crippen LogP) is 2.43. The Morgan fingerprint density at radius 1 is 1.16 bits per heavy atom. The average Bonchev–Trinajstić information content (AvgIpc) is 2.84. The van der Waals surface area contributed by atoms with Crippen molar-refractivity contribution in [3.8, 4) is 11.4 Å². The van der Waals surface area contributed by atoms with Gasteiger partial charge in [-0.25, -0.2) is 9.97 Å². The van der Waals surface area contributed by atoms with Crippen LogP contribution in [-0.2, 0) is 6.42 Å². The maximum absolute atomic E-state index is 5.63. The minimum absolute atomic E-state index is 0.632. The molecule has 0 atom stereocenters. The van der Waals surface area contributed by atoms with Crippen LogP contribution >= 0.6 is 0 Å². The van der Waals surface area contributed by atoms with Crippen LogP contribution in [-0.4, -0.2) is 21.5 Å². The zero-order valence-corrected chi connectivity index (χ0v) is 10.9. The molecule has 3 N–H and O–H groups in total. The van der Waals surface area contributed by atoms with Gasteiger partial charge in [0.15, 0.2) is 5.82 Å². The molecule has 0 fully saturated rings. The summed E-state index contributed by atoms with van der Waals surface area (Å²) in [6, 6.07) is 10.0. The molecule has 1 aromatic carbocycles. The monoisotopic (exact) mass is 252 g/mol. The summed E-state index contributed by atoms with van der Waals surface area (Å²) in [5.41, 5.74) is 9.72. The van der Waals surface area contributed by atoms with Gasteiger partial charge in [-0.05, 0) is 25.5 Å². The largest absolute Gasteiger partial charge is 0.346 e. The van der Waals surface area contributed by atoms with Gasteiger partial charge in [0.25, 0.3) is 0 Å². The Hall–Kier alpha value is -2.20. The van der Waals surface area contributed by atoms with Crippen molar-refractivity contribution >= 4 is 11.0 Å². The molecule has 19 heavy (non-hydrogen) atoms. The summed E-state index contributed by atoms with van der Waals surface area (Å²) in [6.45, 7) is 2.65. The fourth-order valence-corrected chi connectivity index (χ4v) is 2.36. The lowest BCUT2D eigenvalue weighted by molar-refractivity contribution is 0.974. The first kappa shape index (κ1) is 11.9. The van der Waals surface area contributed by atoms with Crippen LogP contribution in [0.15, 0.2) is 36.5 Å². The molecule has 3 aromatic rings. The van der Waals surface area contributed by atoms with Crippen molar-refractivity contribution < 1.29 is 0 Å². The van der Waals surface area contributed by atoms with Crippen LogP contribution in [0.4, 0.5) is 0 Å². The van der Waals surface area contributed by atoms with Gasteiger partial charge in [0.05, 0.1) is 5.69 Å². The third kappa shape index (κ3) is 2.11. The van der Waals surface area contributed by atoms with Gasteiger partial charge in [-0.15, -0.1) is 0 Å². The maximum Gasteiger partial charge on any atom is 0.161 e. The molecule has 96 valence electrons. The predicted molar refractivity (Wildman–Crippen MR) is 76.8 cm³/mol. The number of nitrogens with two attached hydrogens (primary N) is 1. The molecular formula is C15H16N4. The first-order chi connectivity index (χ1) is 9.29. The Kier molecular flexibility index (Phi) is 3.01. The van der Waals surface area contributed by atoms with E-state index in [-0.39, 0.29) is 0 Å². The summed E-state index contributed by atoms with van der Waals surface area (Å²) in [6.07, 6.45) is 2.82. The Morgan fingerprint density at radius 3 is 2.68 bits per heavy atom. The summed E-state index contributed by atoms with van der Waals surface area (Å²) >= 11 is 0.